The minimum atomic E-state index is -4.90. The highest BCUT2D eigenvalue weighted by Gasteiger charge is 2.39. The highest BCUT2D eigenvalue weighted by molar-refractivity contribution is 7.89. The average Bonchev–Trinajstić information content (AvgIpc) is 2.72. The van der Waals surface area contributed by atoms with E-state index in [1.54, 1.807) is 0 Å². The Labute approximate surface area is 200 Å². The van der Waals surface area contributed by atoms with E-state index < -0.39 is 89.5 Å². The molecule has 16 heteroatoms. The number of rotatable bonds is 4. The van der Waals surface area contributed by atoms with Crippen molar-refractivity contribution in [2.75, 3.05) is 26.2 Å². The fourth-order valence-corrected chi connectivity index (χ4v) is 6.56. The Morgan fingerprint density at radius 2 is 0.912 bits per heavy atom. The number of nitrogens with zero attached hydrogens (tertiary/aromatic N) is 2. The van der Waals surface area contributed by atoms with Crippen LogP contribution in [0.15, 0.2) is 46.2 Å². The zero-order valence-corrected chi connectivity index (χ0v) is 19.8. The van der Waals surface area contributed by atoms with Crippen LogP contribution in [0.25, 0.3) is 0 Å². The van der Waals surface area contributed by atoms with Crippen molar-refractivity contribution in [2.24, 2.45) is 0 Å². The van der Waals surface area contributed by atoms with E-state index in [1.807, 2.05) is 0 Å². The van der Waals surface area contributed by atoms with E-state index in [4.69, 9.17) is 23.2 Å². The molecule has 2 aromatic rings. The van der Waals surface area contributed by atoms with Gasteiger partial charge in [-0.2, -0.15) is 35.0 Å². The van der Waals surface area contributed by atoms with Crippen LogP contribution >= 0.6 is 23.2 Å². The fraction of sp³-hybridized carbons (Fsp3) is 0.333. The monoisotopic (exact) mass is 570 g/mol. The molecule has 1 heterocycles. The Kier molecular flexibility index (Phi) is 7.26. The van der Waals surface area contributed by atoms with E-state index in [-0.39, 0.29) is 0 Å². The molecule has 188 valence electrons. The molecule has 0 radical (unpaired) electrons. The maximum Gasteiger partial charge on any atom is 0.417 e. The minimum Gasteiger partial charge on any atom is -0.207 e. The van der Waals surface area contributed by atoms with Crippen molar-refractivity contribution in [3.05, 3.63) is 57.6 Å². The lowest BCUT2D eigenvalue weighted by Gasteiger charge is -2.33. The highest BCUT2D eigenvalue weighted by Crippen LogP contribution is 2.38. The van der Waals surface area contributed by atoms with Crippen LogP contribution in [0.3, 0.4) is 0 Å². The van der Waals surface area contributed by atoms with Crippen molar-refractivity contribution in [2.45, 2.75) is 22.1 Å². The van der Waals surface area contributed by atoms with E-state index in [9.17, 15) is 43.2 Å². The second-order valence-corrected chi connectivity index (χ2v) is 11.8. The normalized spacial score (nSPS) is 17.2. The van der Waals surface area contributed by atoms with Crippen molar-refractivity contribution in [3.63, 3.8) is 0 Å². The van der Waals surface area contributed by atoms with Gasteiger partial charge < -0.3 is 0 Å². The summed E-state index contributed by atoms with van der Waals surface area (Å²) in [5, 5.41) is -1.38. The van der Waals surface area contributed by atoms with E-state index in [0.717, 1.165) is 32.9 Å². The third-order valence-corrected chi connectivity index (χ3v) is 9.41. The molecule has 0 atom stereocenters. The molecule has 34 heavy (non-hydrogen) atoms. The van der Waals surface area contributed by atoms with Gasteiger partial charge in [-0.1, -0.05) is 23.2 Å². The van der Waals surface area contributed by atoms with Gasteiger partial charge in [0.05, 0.1) is 31.0 Å². The Bertz CT molecular complexity index is 1210. The summed E-state index contributed by atoms with van der Waals surface area (Å²) in [5.41, 5.74) is -2.70. The first-order valence-corrected chi connectivity index (χ1v) is 12.8. The molecular weight excluding hydrogens is 557 g/mol. The van der Waals surface area contributed by atoms with Crippen LogP contribution in [0.4, 0.5) is 26.3 Å². The number of benzene rings is 2. The van der Waals surface area contributed by atoms with Gasteiger partial charge in [0.15, 0.2) is 0 Å². The lowest BCUT2D eigenvalue weighted by Crippen LogP contribution is -2.50. The molecule has 0 saturated carbocycles. The van der Waals surface area contributed by atoms with Crippen LogP contribution in [0.1, 0.15) is 11.1 Å². The molecule has 1 saturated heterocycles. The Morgan fingerprint density at radius 1 is 0.618 bits per heavy atom. The second kappa shape index (κ2) is 9.13. The first-order chi connectivity index (χ1) is 15.5. The molecule has 1 aliphatic heterocycles. The van der Waals surface area contributed by atoms with Crippen LogP contribution in [-0.2, 0) is 32.4 Å². The molecule has 0 unspecified atom stereocenters. The number of piperazine rings is 1. The van der Waals surface area contributed by atoms with Gasteiger partial charge in [0.25, 0.3) is 0 Å². The van der Waals surface area contributed by atoms with Crippen LogP contribution in [-0.4, -0.2) is 51.6 Å². The van der Waals surface area contributed by atoms with E-state index >= 15 is 0 Å². The number of hydrogen-bond acceptors (Lipinski definition) is 4. The predicted molar refractivity (Wildman–Crippen MR) is 110 cm³/mol. The molecule has 3 rings (SSSR count). The maximum atomic E-state index is 13.1. The summed E-state index contributed by atoms with van der Waals surface area (Å²) in [5.74, 6) is 0. The van der Waals surface area contributed by atoms with Gasteiger partial charge in [-0.15, -0.1) is 0 Å². The Balaban J connectivity index is 1.83. The summed E-state index contributed by atoms with van der Waals surface area (Å²) in [6.45, 7) is -1.76. The summed E-state index contributed by atoms with van der Waals surface area (Å²) < 4.78 is 131. The summed E-state index contributed by atoms with van der Waals surface area (Å²) in [6.07, 6.45) is -9.80. The van der Waals surface area contributed by atoms with Gasteiger partial charge >= 0.3 is 12.4 Å². The van der Waals surface area contributed by atoms with Crippen LogP contribution in [0.5, 0.6) is 0 Å². The molecule has 0 N–H and O–H groups in total. The average molecular weight is 571 g/mol. The molecule has 0 aliphatic carbocycles. The van der Waals surface area contributed by atoms with E-state index in [2.05, 4.69) is 0 Å². The standard InChI is InChI=1S/C18H14Cl2F6N2O4S2/c19-15-3-1-11(9-13(15)17(21,22)23)33(29,30)27-5-7-28(8-6-27)34(31,32)12-2-4-16(20)14(10-12)18(24,25)26/h1-4,9-10H,5-8H2. The third-order valence-electron chi connectivity index (χ3n) is 4.96. The summed E-state index contributed by atoms with van der Waals surface area (Å²) in [7, 11) is -8.88. The quantitative estimate of drug-likeness (QED) is 0.498. The topological polar surface area (TPSA) is 74.8 Å². The Hall–Kier alpha value is -1.58. The molecule has 0 spiro atoms. The molecule has 2 aromatic carbocycles. The van der Waals surface area contributed by atoms with E-state index in [0.29, 0.717) is 12.1 Å². The van der Waals surface area contributed by atoms with Gasteiger partial charge in [0.2, 0.25) is 20.0 Å². The lowest BCUT2D eigenvalue weighted by atomic mass is 10.2. The summed E-state index contributed by atoms with van der Waals surface area (Å²) >= 11 is 11.0. The number of alkyl halides is 6. The van der Waals surface area contributed by atoms with Crippen molar-refractivity contribution >= 4 is 43.2 Å². The molecule has 0 aromatic heterocycles. The van der Waals surface area contributed by atoms with Crippen molar-refractivity contribution in [3.8, 4) is 0 Å². The predicted octanol–water partition coefficient (Wildman–Crippen LogP) is 4.73. The van der Waals surface area contributed by atoms with Crippen LogP contribution in [0, 0.1) is 0 Å². The molecule has 1 aliphatic rings. The number of halogens is 8. The first-order valence-electron chi connectivity index (χ1n) is 9.19. The summed E-state index contributed by atoms with van der Waals surface area (Å²) in [4.78, 5) is -1.37. The smallest absolute Gasteiger partial charge is 0.207 e. The van der Waals surface area contributed by atoms with Gasteiger partial charge in [-0.3, -0.25) is 0 Å². The fourth-order valence-electron chi connectivity index (χ4n) is 3.21. The van der Waals surface area contributed by atoms with Crippen LogP contribution in [0.2, 0.25) is 10.0 Å². The Morgan fingerprint density at radius 3 is 1.18 bits per heavy atom. The highest BCUT2D eigenvalue weighted by atomic mass is 35.5. The van der Waals surface area contributed by atoms with Crippen molar-refractivity contribution in [1.82, 2.24) is 8.61 Å². The van der Waals surface area contributed by atoms with Gasteiger partial charge in [-0.05, 0) is 36.4 Å². The summed E-state index contributed by atoms with van der Waals surface area (Å²) in [6, 6.07) is 4.12. The zero-order valence-electron chi connectivity index (χ0n) is 16.7. The van der Waals surface area contributed by atoms with Gasteiger partial charge in [-0.25, -0.2) is 16.8 Å². The molecule has 6 nitrogen and oxygen atoms in total. The maximum absolute atomic E-state index is 13.1. The van der Waals surface area contributed by atoms with Crippen molar-refractivity contribution < 1.29 is 43.2 Å². The minimum absolute atomic E-state index is 0.382. The molecule has 0 bridgehead atoms. The third kappa shape index (κ3) is 5.31. The second-order valence-electron chi connectivity index (χ2n) is 7.09. The first kappa shape index (κ1) is 27.0. The zero-order chi connectivity index (χ0) is 25.7. The molecule has 1 fully saturated rings. The van der Waals surface area contributed by atoms with Crippen LogP contribution < -0.4 is 0 Å². The van der Waals surface area contributed by atoms with Gasteiger partial charge in [0.1, 0.15) is 0 Å². The van der Waals surface area contributed by atoms with E-state index in [1.165, 1.54) is 0 Å². The lowest BCUT2D eigenvalue weighted by molar-refractivity contribution is -0.138. The largest absolute Gasteiger partial charge is 0.417 e. The number of sulfonamides is 2. The SMILES string of the molecule is O=S(=O)(c1ccc(Cl)c(C(F)(F)F)c1)N1CCN(S(=O)(=O)c2ccc(Cl)c(C(F)(F)F)c2)CC1. The molecular formula is C18H14Cl2F6N2O4S2. The van der Waals surface area contributed by atoms with Crippen molar-refractivity contribution in [1.29, 1.82) is 0 Å². The molecule has 0 amide bonds. The number of hydrogen-bond donors (Lipinski definition) is 0. The van der Waals surface area contributed by atoms with Gasteiger partial charge in [0, 0.05) is 26.2 Å².